The second-order valence-electron chi connectivity index (χ2n) is 6.03. The standard InChI is InChI=1S/C19H17N5O2/c1-13(14-6-8-15(9-7-14)24-11-10-20-23-24)21-19(25)12-17-16-4-2-3-5-18(16)26-22-17/h2-11,13H,12H2,1H3,(H,21,25). The van der Waals surface area contributed by atoms with E-state index in [9.17, 15) is 4.79 Å². The fourth-order valence-corrected chi connectivity index (χ4v) is 2.86. The van der Waals surface area contributed by atoms with Crippen LogP contribution in [-0.4, -0.2) is 26.1 Å². The molecule has 130 valence electrons. The van der Waals surface area contributed by atoms with Gasteiger partial charge >= 0.3 is 0 Å². The Hall–Kier alpha value is -3.48. The quantitative estimate of drug-likeness (QED) is 0.600. The SMILES string of the molecule is CC(NC(=O)Cc1noc2ccccc12)c1ccc(-n2ccnn2)cc1. The Labute approximate surface area is 149 Å². The van der Waals surface area contributed by atoms with Crippen LogP contribution in [0.3, 0.4) is 0 Å². The van der Waals surface area contributed by atoms with Crippen LogP contribution in [0.4, 0.5) is 0 Å². The summed E-state index contributed by atoms with van der Waals surface area (Å²) in [5, 5.41) is 15.6. The van der Waals surface area contributed by atoms with E-state index in [4.69, 9.17) is 4.52 Å². The molecule has 1 amide bonds. The molecule has 1 N–H and O–H groups in total. The molecule has 26 heavy (non-hydrogen) atoms. The fraction of sp³-hybridized carbons (Fsp3) is 0.158. The fourth-order valence-electron chi connectivity index (χ4n) is 2.86. The van der Waals surface area contributed by atoms with Crippen molar-refractivity contribution >= 4 is 16.9 Å². The summed E-state index contributed by atoms with van der Waals surface area (Å²) in [6.07, 6.45) is 3.59. The molecule has 7 heteroatoms. The van der Waals surface area contributed by atoms with Gasteiger partial charge in [0.2, 0.25) is 5.91 Å². The Bertz CT molecular complexity index is 1020. The van der Waals surface area contributed by atoms with Gasteiger partial charge < -0.3 is 9.84 Å². The summed E-state index contributed by atoms with van der Waals surface area (Å²) in [7, 11) is 0. The molecule has 1 atom stereocenters. The molecular formula is C19H17N5O2. The van der Waals surface area contributed by atoms with Gasteiger partial charge in [0, 0.05) is 5.39 Å². The number of hydrogen-bond acceptors (Lipinski definition) is 5. The predicted octanol–water partition coefficient (Wildman–Crippen LogP) is 2.83. The number of carbonyl (C=O) groups is 1. The first-order valence-electron chi connectivity index (χ1n) is 8.30. The predicted molar refractivity (Wildman–Crippen MR) is 95.6 cm³/mol. The second kappa shape index (κ2) is 6.79. The molecule has 0 fully saturated rings. The Morgan fingerprint density at radius 2 is 2.00 bits per heavy atom. The van der Waals surface area contributed by atoms with Gasteiger partial charge in [-0.25, -0.2) is 4.68 Å². The summed E-state index contributed by atoms with van der Waals surface area (Å²) < 4.78 is 6.93. The number of fused-ring (bicyclic) bond motifs is 1. The van der Waals surface area contributed by atoms with Gasteiger partial charge in [-0.15, -0.1) is 5.10 Å². The van der Waals surface area contributed by atoms with Crippen molar-refractivity contribution in [2.75, 3.05) is 0 Å². The third kappa shape index (κ3) is 3.19. The molecule has 4 aromatic rings. The number of carbonyl (C=O) groups excluding carboxylic acids is 1. The maximum Gasteiger partial charge on any atom is 0.226 e. The van der Waals surface area contributed by atoms with Crippen LogP contribution in [0.15, 0.2) is 65.4 Å². The van der Waals surface area contributed by atoms with Gasteiger partial charge in [0.25, 0.3) is 0 Å². The lowest BCUT2D eigenvalue weighted by Gasteiger charge is -2.14. The summed E-state index contributed by atoms with van der Waals surface area (Å²) in [6.45, 7) is 1.95. The maximum absolute atomic E-state index is 12.4. The van der Waals surface area contributed by atoms with Crippen molar-refractivity contribution < 1.29 is 9.32 Å². The van der Waals surface area contributed by atoms with Crippen molar-refractivity contribution in [1.82, 2.24) is 25.5 Å². The van der Waals surface area contributed by atoms with E-state index in [0.717, 1.165) is 16.6 Å². The van der Waals surface area contributed by atoms with E-state index in [2.05, 4.69) is 20.8 Å². The smallest absolute Gasteiger partial charge is 0.226 e. The zero-order valence-corrected chi connectivity index (χ0v) is 14.2. The lowest BCUT2D eigenvalue weighted by molar-refractivity contribution is -0.121. The second-order valence-corrected chi connectivity index (χ2v) is 6.03. The number of rotatable bonds is 5. The first kappa shape index (κ1) is 16.0. The third-order valence-electron chi connectivity index (χ3n) is 4.24. The van der Waals surface area contributed by atoms with Crippen LogP contribution in [0.5, 0.6) is 0 Å². The van der Waals surface area contributed by atoms with E-state index in [0.29, 0.717) is 11.3 Å². The van der Waals surface area contributed by atoms with Gasteiger partial charge in [0.15, 0.2) is 5.58 Å². The van der Waals surface area contributed by atoms with Gasteiger partial charge in [-0.1, -0.05) is 34.6 Å². The zero-order chi connectivity index (χ0) is 17.9. The topological polar surface area (TPSA) is 85.8 Å². The molecule has 0 aliphatic rings. The number of para-hydroxylation sites is 1. The highest BCUT2D eigenvalue weighted by Crippen LogP contribution is 2.19. The highest BCUT2D eigenvalue weighted by Gasteiger charge is 2.14. The molecule has 0 spiro atoms. The van der Waals surface area contributed by atoms with Crippen molar-refractivity contribution in [2.24, 2.45) is 0 Å². The molecule has 0 bridgehead atoms. The molecule has 4 rings (SSSR count). The number of hydrogen-bond donors (Lipinski definition) is 1. The number of amides is 1. The first-order valence-corrected chi connectivity index (χ1v) is 8.30. The number of benzene rings is 2. The Morgan fingerprint density at radius 1 is 1.19 bits per heavy atom. The van der Waals surface area contributed by atoms with E-state index < -0.39 is 0 Å². The maximum atomic E-state index is 12.4. The van der Waals surface area contributed by atoms with Gasteiger partial charge in [-0.3, -0.25) is 4.79 Å². The van der Waals surface area contributed by atoms with Crippen molar-refractivity contribution in [1.29, 1.82) is 0 Å². The van der Waals surface area contributed by atoms with E-state index >= 15 is 0 Å². The summed E-state index contributed by atoms with van der Waals surface area (Å²) in [5.74, 6) is -0.100. The number of nitrogens with zero attached hydrogens (tertiary/aromatic N) is 4. The third-order valence-corrected chi connectivity index (χ3v) is 4.24. The average molecular weight is 347 g/mol. The molecule has 0 saturated heterocycles. The molecule has 2 aromatic carbocycles. The Morgan fingerprint density at radius 3 is 2.77 bits per heavy atom. The first-order chi connectivity index (χ1) is 12.7. The molecule has 0 saturated carbocycles. The van der Waals surface area contributed by atoms with E-state index in [-0.39, 0.29) is 18.4 Å². The Balaban J connectivity index is 1.42. The molecular weight excluding hydrogens is 330 g/mol. The number of nitrogens with one attached hydrogen (secondary N) is 1. The molecule has 0 aliphatic carbocycles. The van der Waals surface area contributed by atoms with Crippen LogP contribution >= 0.6 is 0 Å². The van der Waals surface area contributed by atoms with Crippen LogP contribution in [0, 0.1) is 0 Å². The van der Waals surface area contributed by atoms with Crippen molar-refractivity contribution in [3.05, 3.63) is 72.2 Å². The zero-order valence-electron chi connectivity index (χ0n) is 14.2. The van der Waals surface area contributed by atoms with E-state index in [1.54, 1.807) is 17.1 Å². The summed E-state index contributed by atoms with van der Waals surface area (Å²) in [4.78, 5) is 12.4. The highest BCUT2D eigenvalue weighted by atomic mass is 16.5. The lowest BCUT2D eigenvalue weighted by atomic mass is 10.1. The van der Waals surface area contributed by atoms with Crippen molar-refractivity contribution in [3.63, 3.8) is 0 Å². The summed E-state index contributed by atoms with van der Waals surface area (Å²) in [5.41, 5.74) is 3.25. The monoisotopic (exact) mass is 347 g/mol. The van der Waals surface area contributed by atoms with Gasteiger partial charge in [0.1, 0.15) is 5.69 Å². The van der Waals surface area contributed by atoms with Gasteiger partial charge in [-0.2, -0.15) is 0 Å². The van der Waals surface area contributed by atoms with Crippen LogP contribution in [0.2, 0.25) is 0 Å². The summed E-state index contributed by atoms with van der Waals surface area (Å²) >= 11 is 0. The van der Waals surface area contributed by atoms with Gasteiger partial charge in [-0.05, 0) is 36.8 Å². The summed E-state index contributed by atoms with van der Waals surface area (Å²) in [6, 6.07) is 15.2. The normalized spacial score (nSPS) is 12.2. The number of aromatic nitrogens is 4. The van der Waals surface area contributed by atoms with Gasteiger partial charge in [0.05, 0.1) is 30.5 Å². The van der Waals surface area contributed by atoms with Crippen LogP contribution in [0.25, 0.3) is 16.7 Å². The van der Waals surface area contributed by atoms with E-state index in [1.165, 1.54) is 0 Å². The minimum Gasteiger partial charge on any atom is -0.356 e. The van der Waals surface area contributed by atoms with Crippen molar-refractivity contribution in [3.8, 4) is 5.69 Å². The van der Waals surface area contributed by atoms with Crippen LogP contribution in [0.1, 0.15) is 24.2 Å². The van der Waals surface area contributed by atoms with Crippen LogP contribution < -0.4 is 5.32 Å². The largest absolute Gasteiger partial charge is 0.356 e. The molecule has 2 aromatic heterocycles. The molecule has 0 radical (unpaired) electrons. The van der Waals surface area contributed by atoms with Crippen molar-refractivity contribution in [2.45, 2.75) is 19.4 Å². The molecule has 0 aliphatic heterocycles. The Kier molecular flexibility index (Phi) is 4.18. The minimum atomic E-state index is -0.120. The highest BCUT2D eigenvalue weighted by molar-refractivity contribution is 5.86. The van der Waals surface area contributed by atoms with E-state index in [1.807, 2.05) is 55.5 Å². The lowest BCUT2D eigenvalue weighted by Crippen LogP contribution is -2.28. The molecule has 2 heterocycles. The van der Waals surface area contributed by atoms with Crippen LogP contribution in [-0.2, 0) is 11.2 Å². The minimum absolute atomic E-state index is 0.100. The average Bonchev–Trinajstić information content (AvgIpc) is 3.32. The molecule has 7 nitrogen and oxygen atoms in total. The molecule has 1 unspecified atom stereocenters.